The van der Waals surface area contributed by atoms with Gasteiger partial charge >= 0.3 is 0 Å². The number of rotatable bonds is 3. The molecule has 1 aliphatic heterocycles. The van der Waals surface area contributed by atoms with Gasteiger partial charge in [0.25, 0.3) is 5.56 Å². The van der Waals surface area contributed by atoms with Crippen molar-refractivity contribution in [3.63, 3.8) is 0 Å². The van der Waals surface area contributed by atoms with Gasteiger partial charge in [-0.3, -0.25) is 9.59 Å². The second-order valence-electron chi connectivity index (χ2n) is 6.49. The molecule has 0 spiro atoms. The molecule has 1 aromatic heterocycles. The highest BCUT2D eigenvalue weighted by molar-refractivity contribution is 5.96. The lowest BCUT2D eigenvalue weighted by atomic mass is 10.0. The molecule has 0 bridgehead atoms. The van der Waals surface area contributed by atoms with E-state index in [4.69, 9.17) is 0 Å². The summed E-state index contributed by atoms with van der Waals surface area (Å²) in [5.41, 5.74) is 3.83. The van der Waals surface area contributed by atoms with E-state index in [0.29, 0.717) is 30.1 Å². The standard InChI is InChI=1S/C20H19N3O2/c1-13-12-23(18-9-5-2-6-14(13)18)19(24)11-10-17-20(25)22-16-8-4-3-7-15(16)21-17/h2-9,13H,10-12H2,1H3,(H,22,25). The Morgan fingerprint density at radius 1 is 1.20 bits per heavy atom. The number of para-hydroxylation sites is 3. The first-order valence-electron chi connectivity index (χ1n) is 8.50. The molecule has 0 saturated heterocycles. The van der Waals surface area contributed by atoms with Crippen molar-refractivity contribution < 1.29 is 4.79 Å². The Morgan fingerprint density at radius 2 is 1.96 bits per heavy atom. The Balaban J connectivity index is 1.53. The molecule has 1 unspecified atom stereocenters. The maximum atomic E-state index is 12.7. The minimum Gasteiger partial charge on any atom is -0.319 e. The summed E-state index contributed by atoms with van der Waals surface area (Å²) >= 11 is 0. The number of benzene rings is 2. The SMILES string of the molecule is CC1CN(C(=O)CCc2nc3ccccc3[nH]c2=O)c2ccccc21. The third-order valence-electron chi connectivity index (χ3n) is 4.76. The summed E-state index contributed by atoms with van der Waals surface area (Å²) in [4.78, 5) is 33.9. The van der Waals surface area contributed by atoms with Crippen LogP contribution < -0.4 is 10.5 Å². The second-order valence-corrected chi connectivity index (χ2v) is 6.49. The molecule has 126 valence electrons. The zero-order valence-corrected chi connectivity index (χ0v) is 14.0. The first-order valence-corrected chi connectivity index (χ1v) is 8.50. The number of carbonyl (C=O) groups is 1. The zero-order chi connectivity index (χ0) is 17.4. The molecule has 5 heteroatoms. The molecule has 0 aliphatic carbocycles. The van der Waals surface area contributed by atoms with Crippen molar-refractivity contribution in [3.8, 4) is 0 Å². The number of nitrogens with one attached hydrogen (secondary N) is 1. The molecule has 4 rings (SSSR count). The zero-order valence-electron chi connectivity index (χ0n) is 14.0. The average Bonchev–Trinajstić information content (AvgIpc) is 2.97. The van der Waals surface area contributed by atoms with E-state index in [0.717, 1.165) is 11.2 Å². The number of amides is 1. The van der Waals surface area contributed by atoms with Gasteiger partial charge in [0.05, 0.1) is 11.0 Å². The van der Waals surface area contributed by atoms with Crippen molar-refractivity contribution in [1.82, 2.24) is 9.97 Å². The molecule has 1 aliphatic rings. The number of aryl methyl sites for hydroxylation is 1. The monoisotopic (exact) mass is 333 g/mol. The number of hydrogen-bond donors (Lipinski definition) is 1. The lowest BCUT2D eigenvalue weighted by molar-refractivity contribution is -0.118. The van der Waals surface area contributed by atoms with Crippen LogP contribution in [-0.2, 0) is 11.2 Å². The number of H-pyrrole nitrogens is 1. The molecule has 5 nitrogen and oxygen atoms in total. The summed E-state index contributed by atoms with van der Waals surface area (Å²) in [7, 11) is 0. The van der Waals surface area contributed by atoms with E-state index < -0.39 is 0 Å². The van der Waals surface area contributed by atoms with Crippen LogP contribution in [0.25, 0.3) is 11.0 Å². The van der Waals surface area contributed by atoms with Crippen LogP contribution >= 0.6 is 0 Å². The first kappa shape index (κ1) is 15.6. The van der Waals surface area contributed by atoms with E-state index in [-0.39, 0.29) is 17.9 Å². The Kier molecular flexibility index (Phi) is 3.84. The summed E-state index contributed by atoms with van der Waals surface area (Å²) in [6, 6.07) is 15.4. The van der Waals surface area contributed by atoms with Gasteiger partial charge in [-0.15, -0.1) is 0 Å². The van der Waals surface area contributed by atoms with Crippen molar-refractivity contribution >= 4 is 22.6 Å². The van der Waals surface area contributed by atoms with Crippen molar-refractivity contribution in [2.24, 2.45) is 0 Å². The largest absolute Gasteiger partial charge is 0.319 e. The molecule has 0 saturated carbocycles. The van der Waals surface area contributed by atoms with Gasteiger partial charge in [-0.1, -0.05) is 37.3 Å². The number of anilines is 1. The smallest absolute Gasteiger partial charge is 0.270 e. The van der Waals surface area contributed by atoms with E-state index in [9.17, 15) is 9.59 Å². The van der Waals surface area contributed by atoms with Crippen LogP contribution in [0.5, 0.6) is 0 Å². The van der Waals surface area contributed by atoms with Crippen LogP contribution in [0.2, 0.25) is 0 Å². The van der Waals surface area contributed by atoms with Gasteiger partial charge in [0.1, 0.15) is 5.69 Å². The molecular weight excluding hydrogens is 314 g/mol. The number of aromatic nitrogens is 2. The van der Waals surface area contributed by atoms with E-state index in [1.165, 1.54) is 5.56 Å². The molecule has 2 heterocycles. The fraction of sp³-hybridized carbons (Fsp3) is 0.250. The summed E-state index contributed by atoms with van der Waals surface area (Å²) in [6.45, 7) is 2.82. The van der Waals surface area contributed by atoms with Crippen LogP contribution in [-0.4, -0.2) is 22.4 Å². The van der Waals surface area contributed by atoms with Crippen molar-refractivity contribution in [2.45, 2.75) is 25.7 Å². The van der Waals surface area contributed by atoms with Gasteiger partial charge in [0.2, 0.25) is 5.91 Å². The van der Waals surface area contributed by atoms with Gasteiger partial charge in [-0.05, 0) is 23.8 Å². The predicted molar refractivity (Wildman–Crippen MR) is 97.9 cm³/mol. The normalized spacial score (nSPS) is 16.2. The van der Waals surface area contributed by atoms with Crippen molar-refractivity contribution in [2.75, 3.05) is 11.4 Å². The fourth-order valence-electron chi connectivity index (χ4n) is 3.45. The lowest BCUT2D eigenvalue weighted by Crippen LogP contribution is -2.30. The molecule has 0 radical (unpaired) electrons. The van der Waals surface area contributed by atoms with E-state index >= 15 is 0 Å². The van der Waals surface area contributed by atoms with Crippen LogP contribution in [0.4, 0.5) is 5.69 Å². The Bertz CT molecular complexity index is 1010. The Labute approximate surface area is 145 Å². The highest BCUT2D eigenvalue weighted by Crippen LogP contribution is 2.35. The average molecular weight is 333 g/mol. The van der Waals surface area contributed by atoms with Gasteiger partial charge in [0, 0.05) is 31.0 Å². The van der Waals surface area contributed by atoms with Crippen molar-refractivity contribution in [3.05, 3.63) is 70.1 Å². The van der Waals surface area contributed by atoms with Gasteiger partial charge in [-0.2, -0.15) is 0 Å². The number of nitrogens with zero attached hydrogens (tertiary/aromatic N) is 2. The van der Waals surface area contributed by atoms with Gasteiger partial charge in [-0.25, -0.2) is 4.98 Å². The van der Waals surface area contributed by atoms with Crippen LogP contribution in [0, 0.1) is 0 Å². The summed E-state index contributed by atoms with van der Waals surface area (Å²) < 4.78 is 0. The number of fused-ring (bicyclic) bond motifs is 2. The molecule has 25 heavy (non-hydrogen) atoms. The lowest BCUT2D eigenvalue weighted by Gasteiger charge is -2.17. The van der Waals surface area contributed by atoms with Crippen LogP contribution in [0.15, 0.2) is 53.3 Å². The van der Waals surface area contributed by atoms with E-state index in [1.807, 2.05) is 47.4 Å². The third kappa shape index (κ3) is 2.82. The molecule has 1 atom stereocenters. The quantitative estimate of drug-likeness (QED) is 0.801. The fourth-order valence-corrected chi connectivity index (χ4v) is 3.45. The molecular formula is C20H19N3O2. The van der Waals surface area contributed by atoms with E-state index in [1.54, 1.807) is 0 Å². The number of hydrogen-bond acceptors (Lipinski definition) is 3. The van der Waals surface area contributed by atoms with Gasteiger partial charge in [0.15, 0.2) is 0 Å². The summed E-state index contributed by atoms with van der Waals surface area (Å²) in [6.07, 6.45) is 0.613. The molecule has 1 amide bonds. The summed E-state index contributed by atoms with van der Waals surface area (Å²) in [5.74, 6) is 0.369. The van der Waals surface area contributed by atoms with Gasteiger partial charge < -0.3 is 9.88 Å². The molecule has 0 fully saturated rings. The number of carbonyl (C=O) groups excluding carboxylic acids is 1. The molecule has 3 aromatic rings. The van der Waals surface area contributed by atoms with E-state index in [2.05, 4.69) is 23.0 Å². The molecule has 1 N–H and O–H groups in total. The topological polar surface area (TPSA) is 66.1 Å². The minimum absolute atomic E-state index is 0.0335. The highest BCUT2D eigenvalue weighted by Gasteiger charge is 2.29. The molecule has 2 aromatic carbocycles. The predicted octanol–water partition coefficient (Wildman–Crippen LogP) is 3.01. The number of aromatic amines is 1. The minimum atomic E-state index is -0.221. The maximum Gasteiger partial charge on any atom is 0.270 e. The second kappa shape index (κ2) is 6.16. The van der Waals surface area contributed by atoms with Crippen molar-refractivity contribution in [1.29, 1.82) is 0 Å². The Hall–Kier alpha value is -2.95. The van der Waals surface area contributed by atoms with Crippen LogP contribution in [0.1, 0.15) is 30.5 Å². The highest BCUT2D eigenvalue weighted by atomic mass is 16.2. The van der Waals surface area contributed by atoms with Crippen LogP contribution in [0.3, 0.4) is 0 Å². The third-order valence-corrected chi connectivity index (χ3v) is 4.76. The maximum absolute atomic E-state index is 12.7. The Morgan fingerprint density at radius 3 is 2.84 bits per heavy atom. The summed E-state index contributed by atoms with van der Waals surface area (Å²) in [5, 5.41) is 0. The first-order chi connectivity index (χ1) is 12.1.